The van der Waals surface area contributed by atoms with Crippen molar-refractivity contribution in [2.45, 2.75) is 65.9 Å². The number of pyridine rings is 1. The van der Waals surface area contributed by atoms with Gasteiger partial charge < -0.3 is 10.1 Å². The van der Waals surface area contributed by atoms with Crippen molar-refractivity contribution in [1.29, 1.82) is 0 Å². The molecule has 0 saturated heterocycles. The lowest BCUT2D eigenvalue weighted by atomic mass is 9.88. The minimum Gasteiger partial charge on any atom is -0.390 e. The smallest absolute Gasteiger partial charge is 0.188 e. The third kappa shape index (κ3) is 4.69. The number of carbonyl (C=O) groups is 1. The number of H-pyrrole nitrogens is 1. The molecule has 0 atom stereocenters. The van der Waals surface area contributed by atoms with Crippen LogP contribution >= 0.6 is 0 Å². The lowest BCUT2D eigenvalue weighted by Crippen LogP contribution is -2.22. The monoisotopic (exact) mass is 454 g/mol. The Morgan fingerprint density at radius 3 is 2.65 bits per heavy atom. The van der Waals surface area contributed by atoms with E-state index in [4.69, 9.17) is 0 Å². The highest BCUT2D eigenvalue weighted by molar-refractivity contribution is 6.19. The Morgan fingerprint density at radius 1 is 1.18 bits per heavy atom. The van der Waals surface area contributed by atoms with Crippen LogP contribution < -0.4 is 0 Å². The third-order valence-electron chi connectivity index (χ3n) is 6.39. The number of aryl methyl sites for hydroxylation is 3. The zero-order valence-electron chi connectivity index (χ0n) is 20.9. The maximum atomic E-state index is 13.5. The van der Waals surface area contributed by atoms with Crippen molar-refractivity contribution in [3.8, 4) is 11.1 Å². The van der Waals surface area contributed by atoms with Crippen molar-refractivity contribution in [3.05, 3.63) is 77.0 Å². The molecule has 4 heteroatoms. The van der Waals surface area contributed by atoms with Crippen LogP contribution in [0.25, 0.3) is 33.1 Å². The highest BCUT2D eigenvalue weighted by Crippen LogP contribution is 2.39. The molecule has 4 aromatic rings. The number of ketones is 1. The first-order chi connectivity index (χ1) is 16.1. The van der Waals surface area contributed by atoms with Crippen molar-refractivity contribution < 1.29 is 9.90 Å². The van der Waals surface area contributed by atoms with Crippen molar-refractivity contribution >= 4 is 27.7 Å². The highest BCUT2D eigenvalue weighted by Gasteiger charge is 2.24. The number of nitrogens with one attached hydrogen (secondary N) is 1. The second-order valence-corrected chi connectivity index (χ2v) is 10.1. The summed E-state index contributed by atoms with van der Waals surface area (Å²) in [5, 5.41) is 12.4. The number of aromatic nitrogens is 2. The predicted molar refractivity (Wildman–Crippen MR) is 142 cm³/mol. The SMILES string of the molecule is C=C(CC(C)(C)O)C(=O)c1cc(-c2cccc(CCCC)c2)c2c([nH]c3ncc(C)cc32)c1C. The Balaban J connectivity index is 1.98. The summed E-state index contributed by atoms with van der Waals surface area (Å²) in [4.78, 5) is 21.6. The summed E-state index contributed by atoms with van der Waals surface area (Å²) in [7, 11) is 0. The normalized spacial score (nSPS) is 11.9. The fourth-order valence-electron chi connectivity index (χ4n) is 4.73. The number of carbonyl (C=O) groups excluding carboxylic acids is 1. The third-order valence-corrected chi connectivity index (χ3v) is 6.39. The van der Waals surface area contributed by atoms with Gasteiger partial charge in [-0.15, -0.1) is 0 Å². The van der Waals surface area contributed by atoms with Gasteiger partial charge in [-0.1, -0.05) is 44.2 Å². The maximum Gasteiger partial charge on any atom is 0.188 e. The maximum absolute atomic E-state index is 13.5. The molecule has 34 heavy (non-hydrogen) atoms. The van der Waals surface area contributed by atoms with Gasteiger partial charge >= 0.3 is 0 Å². The molecule has 4 rings (SSSR count). The van der Waals surface area contributed by atoms with E-state index in [2.05, 4.69) is 53.8 Å². The van der Waals surface area contributed by atoms with E-state index in [9.17, 15) is 9.90 Å². The Labute approximate surface area is 201 Å². The molecule has 0 spiro atoms. The first-order valence-corrected chi connectivity index (χ1v) is 12.0. The fourth-order valence-corrected chi connectivity index (χ4v) is 4.73. The second kappa shape index (κ2) is 9.19. The Morgan fingerprint density at radius 2 is 1.94 bits per heavy atom. The minimum atomic E-state index is -0.996. The average molecular weight is 455 g/mol. The number of nitrogens with zero attached hydrogens (tertiary/aromatic N) is 1. The van der Waals surface area contributed by atoms with Crippen LogP contribution in [0.1, 0.15) is 67.1 Å². The van der Waals surface area contributed by atoms with E-state index in [1.54, 1.807) is 13.8 Å². The molecule has 0 fully saturated rings. The van der Waals surface area contributed by atoms with Gasteiger partial charge in [0.05, 0.1) is 11.1 Å². The molecule has 0 bridgehead atoms. The Kier molecular flexibility index (Phi) is 6.46. The predicted octanol–water partition coefficient (Wildman–Crippen LogP) is 7.24. The van der Waals surface area contributed by atoms with E-state index in [0.29, 0.717) is 11.1 Å². The first-order valence-electron chi connectivity index (χ1n) is 12.0. The number of rotatable bonds is 8. The molecule has 0 saturated carbocycles. The number of unbranched alkanes of at least 4 members (excludes halogenated alkanes) is 1. The zero-order chi connectivity index (χ0) is 24.6. The molecule has 2 N–H and O–H groups in total. The van der Waals surface area contributed by atoms with Gasteiger partial charge in [-0.05, 0) is 86.1 Å². The molecule has 0 radical (unpaired) electrons. The number of aliphatic hydroxyl groups is 1. The van der Waals surface area contributed by atoms with Gasteiger partial charge in [-0.25, -0.2) is 4.98 Å². The van der Waals surface area contributed by atoms with Gasteiger partial charge in [0.1, 0.15) is 5.65 Å². The molecule has 0 aliphatic heterocycles. The zero-order valence-corrected chi connectivity index (χ0v) is 20.9. The van der Waals surface area contributed by atoms with Crippen LogP contribution in [0.3, 0.4) is 0 Å². The lowest BCUT2D eigenvalue weighted by Gasteiger charge is -2.19. The molecule has 0 unspecified atom stereocenters. The van der Waals surface area contributed by atoms with E-state index in [1.807, 2.05) is 26.1 Å². The Bertz CT molecular complexity index is 1400. The quantitative estimate of drug-likeness (QED) is 0.218. The molecule has 4 nitrogen and oxygen atoms in total. The van der Waals surface area contributed by atoms with Gasteiger partial charge in [0.2, 0.25) is 0 Å². The molecular weight excluding hydrogens is 420 g/mol. The van der Waals surface area contributed by atoms with Crippen molar-refractivity contribution in [3.63, 3.8) is 0 Å². The highest BCUT2D eigenvalue weighted by atomic mass is 16.3. The standard InChI is InChI=1S/C30H34N2O2/c1-7-8-10-21-11-9-12-22(14-21)24-15-23(28(33)19(3)16-30(5,6)34)20(4)27-26(24)25-13-18(2)17-31-29(25)32-27/h9,11-15,17,34H,3,7-8,10,16H2,1-2,4-6H3,(H,31,32). The van der Waals surface area contributed by atoms with Crippen LogP contribution in [-0.2, 0) is 6.42 Å². The van der Waals surface area contributed by atoms with Crippen molar-refractivity contribution in [2.75, 3.05) is 0 Å². The summed E-state index contributed by atoms with van der Waals surface area (Å²) in [6, 6.07) is 12.8. The van der Waals surface area contributed by atoms with Crippen LogP contribution in [0.15, 0.2) is 54.7 Å². The van der Waals surface area contributed by atoms with Crippen LogP contribution in [0.4, 0.5) is 0 Å². The van der Waals surface area contributed by atoms with E-state index < -0.39 is 5.60 Å². The summed E-state index contributed by atoms with van der Waals surface area (Å²) >= 11 is 0. The van der Waals surface area contributed by atoms with Crippen LogP contribution in [-0.4, -0.2) is 26.5 Å². The van der Waals surface area contributed by atoms with Gasteiger partial charge in [-0.3, -0.25) is 4.79 Å². The number of hydrogen-bond donors (Lipinski definition) is 2. The molecule has 2 heterocycles. The van der Waals surface area contributed by atoms with Crippen molar-refractivity contribution in [2.24, 2.45) is 0 Å². The summed E-state index contributed by atoms with van der Waals surface area (Å²) in [5.74, 6) is -0.132. The second-order valence-electron chi connectivity index (χ2n) is 10.1. The molecule has 176 valence electrons. The number of fused-ring (bicyclic) bond motifs is 3. The fraction of sp³-hybridized carbons (Fsp3) is 0.333. The minimum absolute atomic E-state index is 0.132. The lowest BCUT2D eigenvalue weighted by molar-refractivity contribution is 0.0759. The largest absolute Gasteiger partial charge is 0.390 e. The van der Waals surface area contributed by atoms with Gasteiger partial charge in [0.25, 0.3) is 0 Å². The van der Waals surface area contributed by atoms with Crippen LogP contribution in [0.5, 0.6) is 0 Å². The summed E-state index contributed by atoms with van der Waals surface area (Å²) in [6.07, 6.45) is 5.40. The summed E-state index contributed by atoms with van der Waals surface area (Å²) in [6.45, 7) is 13.6. The topological polar surface area (TPSA) is 66.0 Å². The van der Waals surface area contributed by atoms with Crippen LogP contribution in [0.2, 0.25) is 0 Å². The summed E-state index contributed by atoms with van der Waals surface area (Å²) in [5.41, 5.74) is 7.11. The van der Waals surface area contributed by atoms with E-state index >= 15 is 0 Å². The number of Topliss-reactive ketones (excluding diaryl/α,β-unsaturated/α-hetero) is 1. The average Bonchev–Trinajstić information content (AvgIpc) is 3.16. The molecule has 0 amide bonds. The van der Waals surface area contributed by atoms with E-state index in [-0.39, 0.29) is 12.2 Å². The molecule has 0 aliphatic carbocycles. The van der Waals surface area contributed by atoms with E-state index in [1.165, 1.54) is 5.56 Å². The van der Waals surface area contributed by atoms with Crippen LogP contribution in [0, 0.1) is 13.8 Å². The molecule has 2 aromatic heterocycles. The van der Waals surface area contributed by atoms with Gasteiger partial charge in [-0.2, -0.15) is 0 Å². The molecule has 0 aliphatic rings. The number of aromatic amines is 1. The van der Waals surface area contributed by atoms with Gasteiger partial charge in [0, 0.05) is 29.0 Å². The van der Waals surface area contributed by atoms with E-state index in [0.717, 1.165) is 63.5 Å². The Hall–Kier alpha value is -3.24. The van der Waals surface area contributed by atoms with Crippen molar-refractivity contribution in [1.82, 2.24) is 9.97 Å². The molecule has 2 aromatic carbocycles. The van der Waals surface area contributed by atoms with Gasteiger partial charge in [0.15, 0.2) is 5.78 Å². The summed E-state index contributed by atoms with van der Waals surface area (Å²) < 4.78 is 0. The first kappa shape index (κ1) is 23.9. The number of hydrogen-bond acceptors (Lipinski definition) is 3. The molecular formula is C30H34N2O2. The number of benzene rings is 2.